The third-order valence-corrected chi connectivity index (χ3v) is 3.18. The Bertz CT molecular complexity index is 719. The number of fused-ring (bicyclic) bond motifs is 1. The number of ether oxygens (including phenoxy) is 4. The molecule has 0 aliphatic carbocycles. The van der Waals surface area contributed by atoms with Gasteiger partial charge in [-0.3, -0.25) is 0 Å². The number of hydrogen-bond acceptors (Lipinski definition) is 7. The molecule has 0 radical (unpaired) electrons. The Hall–Kier alpha value is -2.96. The number of methoxy groups -OCH3 is 1. The fourth-order valence-corrected chi connectivity index (χ4v) is 2.04. The van der Waals surface area contributed by atoms with Gasteiger partial charge in [0.2, 0.25) is 11.9 Å². The van der Waals surface area contributed by atoms with Crippen LogP contribution in [0.5, 0.6) is 11.5 Å². The topological polar surface area (TPSA) is 84.2 Å². The maximum atomic E-state index is 12.0. The molecule has 1 atom stereocenters. The lowest BCUT2D eigenvalue weighted by Gasteiger charge is -2.24. The SMILES string of the molecule is COC(=O)c1ccc(COC(=O)[C@@H]2COc3ccccc3O2)o1. The molecule has 7 heteroatoms. The van der Waals surface area contributed by atoms with E-state index >= 15 is 0 Å². The standard InChI is InChI=1S/C16H14O7/c1-19-15(17)13-7-6-10(22-13)8-21-16(18)14-9-20-11-4-2-3-5-12(11)23-14/h2-7,14H,8-9H2,1H3/t14-/m0/s1. The van der Waals surface area contributed by atoms with Crippen LogP contribution in [0.1, 0.15) is 16.3 Å². The lowest BCUT2D eigenvalue weighted by molar-refractivity contribution is -0.156. The molecule has 120 valence electrons. The molecule has 3 rings (SSSR count). The van der Waals surface area contributed by atoms with Crippen LogP contribution in [0.4, 0.5) is 0 Å². The Kier molecular flexibility index (Phi) is 4.18. The molecule has 0 amide bonds. The summed E-state index contributed by atoms with van der Waals surface area (Å²) in [7, 11) is 1.25. The molecule has 23 heavy (non-hydrogen) atoms. The zero-order valence-corrected chi connectivity index (χ0v) is 12.3. The number of carbonyl (C=O) groups is 2. The summed E-state index contributed by atoms with van der Waals surface area (Å²) in [5.41, 5.74) is 0. The van der Waals surface area contributed by atoms with Crippen molar-refractivity contribution >= 4 is 11.9 Å². The molecular weight excluding hydrogens is 304 g/mol. The minimum atomic E-state index is -0.847. The maximum absolute atomic E-state index is 12.0. The van der Waals surface area contributed by atoms with Gasteiger partial charge in [-0.1, -0.05) is 12.1 Å². The summed E-state index contributed by atoms with van der Waals surface area (Å²) in [4.78, 5) is 23.3. The zero-order chi connectivity index (χ0) is 16.2. The number of rotatable bonds is 4. The second-order valence-corrected chi connectivity index (χ2v) is 4.73. The molecule has 1 aromatic carbocycles. The summed E-state index contributed by atoms with van der Waals surface area (Å²) in [6.07, 6.45) is -0.847. The van der Waals surface area contributed by atoms with Gasteiger partial charge < -0.3 is 23.4 Å². The van der Waals surface area contributed by atoms with Crippen LogP contribution in [0, 0.1) is 0 Å². The van der Waals surface area contributed by atoms with Gasteiger partial charge in [0.05, 0.1) is 7.11 Å². The van der Waals surface area contributed by atoms with E-state index in [1.165, 1.54) is 19.2 Å². The van der Waals surface area contributed by atoms with Crippen molar-refractivity contribution in [3.8, 4) is 11.5 Å². The van der Waals surface area contributed by atoms with Gasteiger partial charge >= 0.3 is 11.9 Å². The predicted molar refractivity (Wildman–Crippen MR) is 76.2 cm³/mol. The van der Waals surface area contributed by atoms with E-state index in [0.29, 0.717) is 17.3 Å². The average molecular weight is 318 g/mol. The maximum Gasteiger partial charge on any atom is 0.373 e. The summed E-state index contributed by atoms with van der Waals surface area (Å²) in [5, 5.41) is 0. The van der Waals surface area contributed by atoms with E-state index in [1.807, 2.05) is 6.07 Å². The van der Waals surface area contributed by atoms with Crippen molar-refractivity contribution in [1.29, 1.82) is 0 Å². The van der Waals surface area contributed by atoms with Crippen LogP contribution in [0.25, 0.3) is 0 Å². The summed E-state index contributed by atoms with van der Waals surface area (Å²) < 4.78 is 25.8. The van der Waals surface area contributed by atoms with Crippen LogP contribution >= 0.6 is 0 Å². The molecular formula is C16H14O7. The molecule has 0 spiro atoms. The van der Waals surface area contributed by atoms with Crippen LogP contribution in [0.15, 0.2) is 40.8 Å². The number of para-hydroxylation sites is 2. The first kappa shape index (κ1) is 15.0. The molecule has 0 unspecified atom stereocenters. The smallest absolute Gasteiger partial charge is 0.373 e. The van der Waals surface area contributed by atoms with E-state index in [2.05, 4.69) is 4.74 Å². The summed E-state index contributed by atoms with van der Waals surface area (Å²) in [6, 6.07) is 10.1. The number of hydrogen-bond donors (Lipinski definition) is 0. The lowest BCUT2D eigenvalue weighted by atomic mass is 10.2. The number of esters is 2. The van der Waals surface area contributed by atoms with Crippen LogP contribution < -0.4 is 9.47 Å². The minimum Gasteiger partial charge on any atom is -0.485 e. The Morgan fingerprint density at radius 3 is 2.74 bits per heavy atom. The van der Waals surface area contributed by atoms with Crippen molar-refractivity contribution < 1.29 is 33.0 Å². The van der Waals surface area contributed by atoms with Gasteiger partial charge in [0.15, 0.2) is 11.5 Å². The van der Waals surface area contributed by atoms with Gasteiger partial charge in [-0.15, -0.1) is 0 Å². The molecule has 7 nitrogen and oxygen atoms in total. The van der Waals surface area contributed by atoms with Crippen LogP contribution in [-0.4, -0.2) is 31.8 Å². The number of benzene rings is 1. The van der Waals surface area contributed by atoms with Gasteiger partial charge in [-0.25, -0.2) is 9.59 Å². The molecule has 1 aromatic heterocycles. The Morgan fingerprint density at radius 1 is 1.17 bits per heavy atom. The van der Waals surface area contributed by atoms with E-state index in [9.17, 15) is 9.59 Å². The van der Waals surface area contributed by atoms with Crippen LogP contribution in [0.3, 0.4) is 0 Å². The first-order valence-corrected chi connectivity index (χ1v) is 6.89. The van der Waals surface area contributed by atoms with E-state index < -0.39 is 18.0 Å². The molecule has 0 bridgehead atoms. The molecule has 0 saturated heterocycles. The highest BCUT2D eigenvalue weighted by Crippen LogP contribution is 2.31. The second-order valence-electron chi connectivity index (χ2n) is 4.73. The third-order valence-electron chi connectivity index (χ3n) is 3.18. The normalized spacial score (nSPS) is 15.8. The molecule has 2 aromatic rings. The number of carbonyl (C=O) groups excluding carboxylic acids is 2. The van der Waals surface area contributed by atoms with Crippen LogP contribution in [-0.2, 0) is 20.9 Å². The monoisotopic (exact) mass is 318 g/mol. The highest BCUT2D eigenvalue weighted by molar-refractivity contribution is 5.86. The first-order chi connectivity index (χ1) is 11.2. The summed E-state index contributed by atoms with van der Waals surface area (Å²) in [6.45, 7) is -0.0429. The second kappa shape index (κ2) is 6.43. The van der Waals surface area contributed by atoms with Gasteiger partial charge in [0, 0.05) is 0 Å². The first-order valence-electron chi connectivity index (χ1n) is 6.89. The summed E-state index contributed by atoms with van der Waals surface area (Å²) in [5.74, 6) is 0.288. The van der Waals surface area contributed by atoms with Gasteiger partial charge in [-0.05, 0) is 24.3 Å². The van der Waals surface area contributed by atoms with E-state index in [0.717, 1.165) is 0 Å². The fraction of sp³-hybridized carbons (Fsp3) is 0.250. The largest absolute Gasteiger partial charge is 0.485 e. The highest BCUT2D eigenvalue weighted by atomic mass is 16.6. The minimum absolute atomic E-state index is 0.0460. The lowest BCUT2D eigenvalue weighted by Crippen LogP contribution is -2.37. The van der Waals surface area contributed by atoms with Crippen molar-refractivity contribution in [3.05, 3.63) is 47.9 Å². The Labute approximate surface area is 131 Å². The zero-order valence-electron chi connectivity index (χ0n) is 12.3. The van der Waals surface area contributed by atoms with Crippen LogP contribution in [0.2, 0.25) is 0 Å². The molecule has 1 aliphatic rings. The predicted octanol–water partition coefficient (Wildman–Crippen LogP) is 1.95. The van der Waals surface area contributed by atoms with Crippen molar-refractivity contribution in [2.45, 2.75) is 12.7 Å². The Balaban J connectivity index is 1.56. The molecule has 0 fully saturated rings. The van der Waals surface area contributed by atoms with E-state index in [4.69, 9.17) is 18.6 Å². The molecule has 0 saturated carbocycles. The average Bonchev–Trinajstić information content (AvgIpc) is 3.07. The molecule has 2 heterocycles. The highest BCUT2D eigenvalue weighted by Gasteiger charge is 2.28. The Morgan fingerprint density at radius 2 is 1.96 bits per heavy atom. The van der Waals surface area contributed by atoms with Crippen molar-refractivity contribution in [2.24, 2.45) is 0 Å². The summed E-state index contributed by atoms with van der Waals surface area (Å²) >= 11 is 0. The molecule has 0 N–H and O–H groups in total. The molecule has 1 aliphatic heterocycles. The van der Waals surface area contributed by atoms with Crippen molar-refractivity contribution in [3.63, 3.8) is 0 Å². The number of furan rings is 1. The van der Waals surface area contributed by atoms with Crippen molar-refractivity contribution in [1.82, 2.24) is 0 Å². The van der Waals surface area contributed by atoms with Crippen molar-refractivity contribution in [2.75, 3.05) is 13.7 Å². The van der Waals surface area contributed by atoms with Gasteiger partial charge in [0.1, 0.15) is 19.0 Å². The van der Waals surface area contributed by atoms with E-state index in [-0.39, 0.29) is 19.0 Å². The fourth-order valence-electron chi connectivity index (χ4n) is 2.04. The van der Waals surface area contributed by atoms with Gasteiger partial charge in [0.25, 0.3) is 0 Å². The quantitative estimate of drug-likeness (QED) is 0.797. The third kappa shape index (κ3) is 3.28. The van der Waals surface area contributed by atoms with E-state index in [1.54, 1.807) is 18.2 Å². The van der Waals surface area contributed by atoms with Gasteiger partial charge in [-0.2, -0.15) is 0 Å².